The monoisotopic (exact) mass is 227 g/mol. The molecule has 0 aromatic heterocycles. The lowest BCUT2D eigenvalue weighted by atomic mass is 9.88. The molecule has 0 aromatic rings. The van der Waals surface area contributed by atoms with Crippen LogP contribution in [0.1, 0.15) is 44.9 Å². The van der Waals surface area contributed by atoms with E-state index in [4.69, 9.17) is 14.6 Å². The quantitative estimate of drug-likeness (QED) is 0.403. The van der Waals surface area contributed by atoms with Crippen molar-refractivity contribution < 1.29 is 19.4 Å². The average Bonchev–Trinajstić information content (AvgIpc) is 2.78. The second-order valence-corrected chi connectivity index (χ2v) is 5.34. The molecule has 2 N–H and O–H groups in total. The summed E-state index contributed by atoms with van der Waals surface area (Å²) in [5, 5.41) is 8.18. The summed E-state index contributed by atoms with van der Waals surface area (Å²) in [6, 6.07) is 0. The number of rotatable bonds is 2. The predicted molar refractivity (Wildman–Crippen MR) is 56.9 cm³/mol. The second-order valence-electron chi connectivity index (χ2n) is 5.34. The Morgan fingerprint density at radius 2 is 2.06 bits per heavy atom. The molecule has 2 saturated carbocycles. The first-order valence-corrected chi connectivity index (χ1v) is 6.30. The third-order valence-corrected chi connectivity index (χ3v) is 4.12. The molecule has 1 saturated heterocycles. The Hall–Kier alpha value is -0.610. The smallest absolute Gasteiger partial charge is 0.309 e. The van der Waals surface area contributed by atoms with Gasteiger partial charge in [-0.05, 0) is 25.7 Å². The van der Waals surface area contributed by atoms with E-state index in [1.54, 1.807) is 0 Å². The van der Waals surface area contributed by atoms with Gasteiger partial charge in [0.15, 0.2) is 0 Å². The van der Waals surface area contributed by atoms with E-state index in [2.05, 4.69) is 0 Å². The van der Waals surface area contributed by atoms with Gasteiger partial charge in [-0.3, -0.25) is 4.79 Å². The third kappa shape index (κ3) is 1.74. The Morgan fingerprint density at radius 1 is 1.31 bits per heavy atom. The zero-order chi connectivity index (χ0) is 11.2. The van der Waals surface area contributed by atoms with Crippen molar-refractivity contribution in [1.82, 2.24) is 0 Å². The summed E-state index contributed by atoms with van der Waals surface area (Å²) in [6.45, 7) is 0. The highest BCUT2D eigenvalue weighted by Gasteiger charge is 2.48. The molecule has 16 heavy (non-hydrogen) atoms. The molecular weight excluding hydrogens is 208 g/mol. The molecule has 0 radical (unpaired) electrons. The first kappa shape index (κ1) is 10.5. The van der Waals surface area contributed by atoms with E-state index in [0.29, 0.717) is 0 Å². The maximum absolute atomic E-state index is 11.4. The van der Waals surface area contributed by atoms with Crippen molar-refractivity contribution in [3.05, 3.63) is 0 Å². The minimum atomic E-state index is -0.702. The van der Waals surface area contributed by atoms with Crippen molar-refractivity contribution in [3.8, 4) is 0 Å². The third-order valence-electron chi connectivity index (χ3n) is 4.12. The Kier molecular flexibility index (Phi) is 2.44. The Bertz CT molecular complexity index is 295. The van der Waals surface area contributed by atoms with Gasteiger partial charge in [-0.25, -0.2) is 0 Å². The van der Waals surface area contributed by atoms with Crippen molar-refractivity contribution >= 4 is 5.97 Å². The van der Waals surface area contributed by atoms with Gasteiger partial charge in [0.1, 0.15) is 12.2 Å². The Labute approximate surface area is 94.9 Å². The summed E-state index contributed by atoms with van der Waals surface area (Å²) in [4.78, 5) is 11.4. The van der Waals surface area contributed by atoms with Crippen LogP contribution in [0.4, 0.5) is 0 Å². The molecule has 0 spiro atoms. The molecule has 0 unspecified atom stereocenters. The highest BCUT2D eigenvalue weighted by molar-refractivity contribution is 5.75. The van der Waals surface area contributed by atoms with Gasteiger partial charge in [0.2, 0.25) is 0 Å². The Morgan fingerprint density at radius 3 is 2.81 bits per heavy atom. The van der Waals surface area contributed by atoms with Crippen LogP contribution in [0.3, 0.4) is 0 Å². The van der Waals surface area contributed by atoms with E-state index in [1.807, 2.05) is 0 Å². The topological polar surface area (TPSA) is 58.4 Å². The molecule has 3 aliphatic rings. The number of hydrogen-bond donors (Lipinski definition) is 0. The first-order chi connectivity index (χ1) is 7.66. The summed E-state index contributed by atoms with van der Waals surface area (Å²) in [6.07, 6.45) is 6.28. The number of ether oxygens (including phenoxy) is 2. The van der Waals surface area contributed by atoms with Gasteiger partial charge in [0, 0.05) is 6.42 Å². The molecule has 0 aromatic carbocycles. The van der Waals surface area contributed by atoms with Crippen molar-refractivity contribution in [1.29, 1.82) is 0 Å². The number of esters is 1. The molecule has 2 aliphatic carbocycles. The van der Waals surface area contributed by atoms with Gasteiger partial charge in [-0.1, -0.05) is 0 Å². The summed E-state index contributed by atoms with van der Waals surface area (Å²) in [5.41, 5.74) is 0. The summed E-state index contributed by atoms with van der Waals surface area (Å²) >= 11 is 0. The highest BCUT2D eigenvalue weighted by atomic mass is 16.6. The molecule has 90 valence electrons. The van der Waals surface area contributed by atoms with E-state index in [9.17, 15) is 4.79 Å². The lowest BCUT2D eigenvalue weighted by Crippen LogP contribution is -2.41. The van der Waals surface area contributed by atoms with E-state index in [1.165, 1.54) is 0 Å². The van der Waals surface area contributed by atoms with Crippen molar-refractivity contribution in [2.24, 2.45) is 5.92 Å². The molecule has 1 aliphatic heterocycles. The van der Waals surface area contributed by atoms with E-state index in [0.717, 1.165) is 44.9 Å². The maximum Gasteiger partial charge on any atom is 0.309 e. The standard InChI is InChI=1S/C12H18O4/c13-11-8-3-4-9(10(7-8)15-11)16-12(14)5-1-2-6-12/h8-10,14H,1-7H2/p+1/t8-,9-,10-/m1/s1. The zero-order valence-electron chi connectivity index (χ0n) is 9.41. The van der Waals surface area contributed by atoms with Crippen LogP contribution in [0.25, 0.3) is 0 Å². The van der Waals surface area contributed by atoms with Crippen LogP contribution in [0.5, 0.6) is 0 Å². The van der Waals surface area contributed by atoms with Gasteiger partial charge in [0.05, 0.1) is 18.8 Å². The van der Waals surface area contributed by atoms with Crippen LogP contribution >= 0.6 is 0 Å². The summed E-state index contributed by atoms with van der Waals surface area (Å²) < 4.78 is 11.2. The van der Waals surface area contributed by atoms with Gasteiger partial charge >= 0.3 is 5.97 Å². The summed E-state index contributed by atoms with van der Waals surface area (Å²) in [5.74, 6) is -0.649. The lowest BCUT2D eigenvalue weighted by molar-refractivity contribution is -0.244. The fourth-order valence-corrected chi connectivity index (χ4v) is 3.17. The van der Waals surface area contributed by atoms with Crippen LogP contribution in [-0.2, 0) is 14.3 Å². The van der Waals surface area contributed by atoms with Crippen LogP contribution < -0.4 is 0 Å². The number of carbonyl (C=O) groups is 1. The van der Waals surface area contributed by atoms with Crippen molar-refractivity contribution in [3.63, 3.8) is 0 Å². The minimum Gasteiger partial charge on any atom is -0.459 e. The Balaban J connectivity index is 1.65. The van der Waals surface area contributed by atoms with Crippen LogP contribution in [0.15, 0.2) is 0 Å². The van der Waals surface area contributed by atoms with Gasteiger partial charge < -0.3 is 14.6 Å². The van der Waals surface area contributed by atoms with Crippen molar-refractivity contribution in [2.75, 3.05) is 0 Å². The van der Waals surface area contributed by atoms with Gasteiger partial charge in [-0.15, -0.1) is 0 Å². The molecule has 2 bridgehead atoms. The highest BCUT2D eigenvalue weighted by Crippen LogP contribution is 2.40. The van der Waals surface area contributed by atoms with Crippen LogP contribution in [-0.4, -0.2) is 29.1 Å². The SMILES string of the molecule is O=C1O[C@@H]2C[C@H]1CC[C@H]2OC1([OH2+])CCCC1. The molecule has 1 heterocycles. The molecule has 3 atom stereocenters. The molecule has 3 rings (SSSR count). The number of fused-ring (bicyclic) bond motifs is 2. The second kappa shape index (κ2) is 3.70. The fourth-order valence-electron chi connectivity index (χ4n) is 3.17. The zero-order valence-corrected chi connectivity index (χ0v) is 9.41. The normalized spacial score (nSPS) is 41.1. The number of carbonyl (C=O) groups excluding carboxylic acids is 1. The predicted octanol–water partition coefficient (Wildman–Crippen LogP) is 1.09. The van der Waals surface area contributed by atoms with E-state index < -0.39 is 5.79 Å². The average molecular weight is 227 g/mol. The van der Waals surface area contributed by atoms with Crippen LogP contribution in [0, 0.1) is 5.92 Å². The molecule has 4 nitrogen and oxygen atoms in total. The lowest BCUT2D eigenvalue weighted by Gasteiger charge is -2.30. The van der Waals surface area contributed by atoms with Crippen molar-refractivity contribution in [2.45, 2.75) is 62.9 Å². The largest absolute Gasteiger partial charge is 0.459 e. The summed E-state index contributed by atoms with van der Waals surface area (Å²) in [7, 11) is 0. The first-order valence-electron chi connectivity index (χ1n) is 6.30. The van der Waals surface area contributed by atoms with E-state index >= 15 is 0 Å². The van der Waals surface area contributed by atoms with Crippen LogP contribution in [0.2, 0.25) is 0 Å². The molecule has 0 amide bonds. The number of hydrogen-bond acceptors (Lipinski definition) is 3. The fraction of sp³-hybridized carbons (Fsp3) is 0.917. The van der Waals surface area contributed by atoms with Gasteiger partial charge in [0.25, 0.3) is 5.79 Å². The maximum atomic E-state index is 11.4. The van der Waals surface area contributed by atoms with E-state index in [-0.39, 0.29) is 24.1 Å². The molecule has 3 fully saturated rings. The van der Waals surface area contributed by atoms with Gasteiger partial charge in [-0.2, -0.15) is 0 Å². The minimum absolute atomic E-state index is 0.0294. The molecular formula is C12H19O4+. The molecule has 4 heteroatoms.